The van der Waals surface area contributed by atoms with E-state index < -0.39 is 0 Å². The van der Waals surface area contributed by atoms with Crippen molar-refractivity contribution >= 4 is 11.0 Å². The van der Waals surface area contributed by atoms with Crippen LogP contribution in [0.25, 0.3) is 11.0 Å². The first-order valence-corrected chi connectivity index (χ1v) is 3.57. The molecule has 2 rings (SSSR count). The quantitative estimate of drug-likeness (QED) is 0.594. The average molecular weight is 164 g/mol. The summed E-state index contributed by atoms with van der Waals surface area (Å²) in [5, 5.41) is 4.00. The van der Waals surface area contributed by atoms with Gasteiger partial charge in [-0.1, -0.05) is 0 Å². The Balaban J connectivity index is 3.07. The lowest BCUT2D eigenvalue weighted by atomic mass is 10.3. The van der Waals surface area contributed by atoms with E-state index in [4.69, 9.17) is 0 Å². The minimum absolute atomic E-state index is 0.145. The van der Waals surface area contributed by atoms with Crippen molar-refractivity contribution < 1.29 is 0 Å². The van der Waals surface area contributed by atoms with Crippen LogP contribution in [-0.4, -0.2) is 19.7 Å². The van der Waals surface area contributed by atoms with E-state index in [-0.39, 0.29) is 5.56 Å². The predicted molar refractivity (Wildman–Crippen MR) is 43.9 cm³/mol. The van der Waals surface area contributed by atoms with Crippen LogP contribution < -0.4 is 5.56 Å². The lowest BCUT2D eigenvalue weighted by molar-refractivity contribution is 0.703. The Kier molecular flexibility index (Phi) is 1.27. The van der Waals surface area contributed by atoms with Crippen molar-refractivity contribution in [3.05, 3.63) is 22.4 Å². The Morgan fingerprint density at radius 3 is 3.08 bits per heavy atom. The number of aryl methyl sites for hydroxylation is 2. The highest BCUT2D eigenvalue weighted by Gasteiger charge is 2.06. The Morgan fingerprint density at radius 2 is 2.33 bits per heavy atom. The van der Waals surface area contributed by atoms with E-state index >= 15 is 0 Å². The summed E-state index contributed by atoms with van der Waals surface area (Å²) in [4.78, 5) is 18.1. The molecular formula is C7H8N4O. The standard InChI is InChI=1S/C7H8N4O/c1-4-5-6(9-3-8-5)7(12)11(2)10-4/h3H,1-2H3,(H,8,9). The maximum Gasteiger partial charge on any atom is 0.292 e. The van der Waals surface area contributed by atoms with Crippen LogP contribution in [-0.2, 0) is 7.05 Å². The summed E-state index contributed by atoms with van der Waals surface area (Å²) in [5.74, 6) is 0. The fraction of sp³-hybridized carbons (Fsp3) is 0.286. The molecule has 0 saturated heterocycles. The zero-order valence-electron chi connectivity index (χ0n) is 6.83. The molecule has 0 spiro atoms. The van der Waals surface area contributed by atoms with Gasteiger partial charge in [0.15, 0.2) is 0 Å². The lowest BCUT2D eigenvalue weighted by Crippen LogP contribution is -2.20. The summed E-state index contributed by atoms with van der Waals surface area (Å²) in [6, 6.07) is 0. The minimum atomic E-state index is -0.145. The van der Waals surface area contributed by atoms with Crippen molar-refractivity contribution in [2.45, 2.75) is 6.92 Å². The summed E-state index contributed by atoms with van der Waals surface area (Å²) in [7, 11) is 1.62. The monoisotopic (exact) mass is 164 g/mol. The van der Waals surface area contributed by atoms with Crippen molar-refractivity contribution in [1.82, 2.24) is 19.7 Å². The number of hydrogen-bond donors (Lipinski definition) is 1. The molecule has 0 aromatic carbocycles. The Morgan fingerprint density at radius 1 is 1.58 bits per heavy atom. The van der Waals surface area contributed by atoms with E-state index in [9.17, 15) is 4.79 Å². The SMILES string of the molecule is Cc1nn(C)c(=O)c2[nH]cnc12. The molecule has 0 amide bonds. The van der Waals surface area contributed by atoms with Gasteiger partial charge < -0.3 is 4.98 Å². The second kappa shape index (κ2) is 2.17. The summed E-state index contributed by atoms with van der Waals surface area (Å²) in [6.45, 7) is 1.82. The van der Waals surface area contributed by atoms with E-state index in [0.29, 0.717) is 11.0 Å². The van der Waals surface area contributed by atoms with Gasteiger partial charge in [-0.2, -0.15) is 5.10 Å². The van der Waals surface area contributed by atoms with Gasteiger partial charge in [0, 0.05) is 7.05 Å². The Bertz CT molecular complexity index is 482. The number of nitrogens with one attached hydrogen (secondary N) is 1. The number of aromatic amines is 1. The first-order chi connectivity index (χ1) is 5.70. The van der Waals surface area contributed by atoms with Crippen LogP contribution >= 0.6 is 0 Å². The molecule has 0 unspecified atom stereocenters. The van der Waals surface area contributed by atoms with E-state index in [1.54, 1.807) is 7.05 Å². The molecule has 0 saturated carbocycles. The molecule has 2 heterocycles. The minimum Gasteiger partial charge on any atom is -0.340 e. The van der Waals surface area contributed by atoms with Crippen molar-refractivity contribution in [1.29, 1.82) is 0 Å². The van der Waals surface area contributed by atoms with E-state index in [2.05, 4.69) is 15.1 Å². The summed E-state index contributed by atoms with van der Waals surface area (Å²) >= 11 is 0. The number of imidazole rings is 1. The van der Waals surface area contributed by atoms with Gasteiger partial charge in [0.25, 0.3) is 5.56 Å². The number of hydrogen-bond acceptors (Lipinski definition) is 3. The van der Waals surface area contributed by atoms with Crippen LogP contribution in [0.15, 0.2) is 11.1 Å². The number of H-pyrrole nitrogens is 1. The van der Waals surface area contributed by atoms with Gasteiger partial charge in [0.2, 0.25) is 0 Å². The van der Waals surface area contributed by atoms with Crippen LogP contribution in [0.1, 0.15) is 5.69 Å². The van der Waals surface area contributed by atoms with Crippen LogP contribution in [0.2, 0.25) is 0 Å². The number of aromatic nitrogens is 4. The van der Waals surface area contributed by atoms with E-state index in [1.807, 2.05) is 6.92 Å². The third kappa shape index (κ3) is 0.761. The highest BCUT2D eigenvalue weighted by Crippen LogP contribution is 2.05. The predicted octanol–water partition coefficient (Wildman–Crippen LogP) is -0.0350. The maximum absolute atomic E-state index is 11.4. The highest BCUT2D eigenvalue weighted by atomic mass is 16.1. The van der Waals surface area contributed by atoms with Crippen molar-refractivity contribution in [2.24, 2.45) is 7.05 Å². The number of nitrogens with zero attached hydrogens (tertiary/aromatic N) is 3. The van der Waals surface area contributed by atoms with Crippen LogP contribution in [0, 0.1) is 6.92 Å². The fourth-order valence-corrected chi connectivity index (χ4v) is 1.21. The number of rotatable bonds is 0. The van der Waals surface area contributed by atoms with Crippen LogP contribution in [0.5, 0.6) is 0 Å². The molecule has 5 heteroatoms. The molecule has 0 aliphatic heterocycles. The fourth-order valence-electron chi connectivity index (χ4n) is 1.21. The molecule has 0 radical (unpaired) electrons. The van der Waals surface area contributed by atoms with Gasteiger partial charge in [0.1, 0.15) is 11.0 Å². The molecule has 0 bridgehead atoms. The second-order valence-electron chi connectivity index (χ2n) is 2.64. The van der Waals surface area contributed by atoms with Gasteiger partial charge in [-0.3, -0.25) is 4.79 Å². The second-order valence-corrected chi connectivity index (χ2v) is 2.64. The molecule has 2 aromatic heterocycles. The summed E-state index contributed by atoms with van der Waals surface area (Å²) in [6.07, 6.45) is 1.50. The van der Waals surface area contributed by atoms with Gasteiger partial charge in [0.05, 0.1) is 12.0 Å². The molecule has 1 N–H and O–H groups in total. The van der Waals surface area contributed by atoms with Crippen LogP contribution in [0.3, 0.4) is 0 Å². The molecule has 5 nitrogen and oxygen atoms in total. The van der Waals surface area contributed by atoms with Gasteiger partial charge in [-0.05, 0) is 6.92 Å². The smallest absolute Gasteiger partial charge is 0.292 e. The maximum atomic E-state index is 11.4. The highest BCUT2D eigenvalue weighted by molar-refractivity contribution is 5.74. The van der Waals surface area contributed by atoms with Crippen LogP contribution in [0.4, 0.5) is 0 Å². The third-order valence-corrected chi connectivity index (χ3v) is 1.79. The summed E-state index contributed by atoms with van der Waals surface area (Å²) in [5.41, 5.74) is 1.78. The van der Waals surface area contributed by atoms with Crippen molar-refractivity contribution in [3.8, 4) is 0 Å². The Labute approximate surface area is 68.1 Å². The van der Waals surface area contributed by atoms with E-state index in [1.165, 1.54) is 11.0 Å². The first kappa shape index (κ1) is 7.02. The summed E-state index contributed by atoms with van der Waals surface area (Å²) < 4.78 is 1.30. The van der Waals surface area contributed by atoms with Gasteiger partial charge >= 0.3 is 0 Å². The molecule has 0 fully saturated rings. The molecule has 2 aromatic rings. The topological polar surface area (TPSA) is 63.6 Å². The zero-order valence-corrected chi connectivity index (χ0v) is 6.83. The third-order valence-electron chi connectivity index (χ3n) is 1.79. The number of fused-ring (bicyclic) bond motifs is 1. The molecule has 62 valence electrons. The zero-order chi connectivity index (χ0) is 8.72. The molecule has 0 aliphatic rings. The van der Waals surface area contributed by atoms with Gasteiger partial charge in [-0.15, -0.1) is 0 Å². The lowest BCUT2D eigenvalue weighted by Gasteiger charge is -1.97. The molecular weight excluding hydrogens is 156 g/mol. The molecule has 0 aliphatic carbocycles. The Hall–Kier alpha value is -1.65. The molecule has 12 heavy (non-hydrogen) atoms. The van der Waals surface area contributed by atoms with Crippen molar-refractivity contribution in [3.63, 3.8) is 0 Å². The van der Waals surface area contributed by atoms with Gasteiger partial charge in [-0.25, -0.2) is 9.67 Å². The normalized spacial score (nSPS) is 10.8. The first-order valence-electron chi connectivity index (χ1n) is 3.57. The molecule has 0 atom stereocenters. The largest absolute Gasteiger partial charge is 0.340 e. The average Bonchev–Trinajstić information content (AvgIpc) is 2.48. The van der Waals surface area contributed by atoms with E-state index in [0.717, 1.165) is 5.69 Å². The van der Waals surface area contributed by atoms with Crippen molar-refractivity contribution in [2.75, 3.05) is 0 Å².